The first-order valence-corrected chi connectivity index (χ1v) is 13.5. The SMILES string of the molecule is CSCCC(NC(=O)C(Cc1ccccc1)NC(=O)C1CCCN1)C(=O)NC(CC(C)C)C(=O)O. The zero-order valence-corrected chi connectivity index (χ0v) is 21.5. The van der Waals surface area contributed by atoms with Crippen LogP contribution in [0, 0.1) is 5.92 Å². The summed E-state index contributed by atoms with van der Waals surface area (Å²) < 4.78 is 0. The second-order valence-electron chi connectivity index (χ2n) is 9.27. The molecule has 0 aromatic heterocycles. The molecule has 3 amide bonds. The Morgan fingerprint density at radius 3 is 2.26 bits per heavy atom. The van der Waals surface area contributed by atoms with E-state index in [0.717, 1.165) is 18.5 Å². The van der Waals surface area contributed by atoms with E-state index >= 15 is 0 Å². The van der Waals surface area contributed by atoms with Crippen molar-refractivity contribution in [1.29, 1.82) is 0 Å². The van der Waals surface area contributed by atoms with E-state index in [0.29, 0.717) is 18.6 Å². The average Bonchev–Trinajstić information content (AvgIpc) is 3.36. The van der Waals surface area contributed by atoms with Crippen LogP contribution in [0.4, 0.5) is 0 Å². The van der Waals surface area contributed by atoms with Gasteiger partial charge in [-0.3, -0.25) is 14.4 Å². The lowest BCUT2D eigenvalue weighted by molar-refractivity contribution is -0.142. The van der Waals surface area contributed by atoms with Crippen molar-refractivity contribution in [1.82, 2.24) is 21.3 Å². The van der Waals surface area contributed by atoms with Gasteiger partial charge in [0.15, 0.2) is 0 Å². The van der Waals surface area contributed by atoms with Gasteiger partial charge in [0.05, 0.1) is 6.04 Å². The quantitative estimate of drug-likeness (QED) is 0.257. The Labute approximate surface area is 211 Å². The number of carboxylic acid groups (broad SMARTS) is 1. The fraction of sp³-hybridized carbons (Fsp3) is 0.600. The summed E-state index contributed by atoms with van der Waals surface area (Å²) in [6.07, 6.45) is 4.38. The van der Waals surface area contributed by atoms with Crippen LogP contribution in [0.5, 0.6) is 0 Å². The molecule has 0 bridgehead atoms. The summed E-state index contributed by atoms with van der Waals surface area (Å²) in [5, 5.41) is 20.8. The standard InChI is InChI=1S/C25H38N4O5S/c1-16(2)14-21(25(33)34)29-23(31)19(11-13-35-3)27-24(32)20(15-17-8-5-4-6-9-17)28-22(30)18-10-7-12-26-18/h4-6,8-9,16,18-21,26H,7,10-15H2,1-3H3,(H,27,32)(H,28,30)(H,29,31)(H,33,34). The maximum absolute atomic E-state index is 13.3. The molecule has 1 aliphatic heterocycles. The number of carbonyl (C=O) groups excluding carboxylic acids is 3. The van der Waals surface area contributed by atoms with Crippen LogP contribution in [-0.4, -0.2) is 71.5 Å². The molecule has 1 aromatic carbocycles. The predicted octanol–water partition coefficient (Wildman–Crippen LogP) is 1.32. The zero-order chi connectivity index (χ0) is 25.8. The van der Waals surface area contributed by atoms with Crippen LogP contribution in [0.15, 0.2) is 30.3 Å². The highest BCUT2D eigenvalue weighted by atomic mass is 32.2. The van der Waals surface area contributed by atoms with E-state index in [2.05, 4.69) is 21.3 Å². The number of thioether (sulfide) groups is 1. The van der Waals surface area contributed by atoms with Crippen molar-refractivity contribution in [2.45, 2.75) is 70.1 Å². The van der Waals surface area contributed by atoms with Gasteiger partial charge in [-0.1, -0.05) is 44.2 Å². The highest BCUT2D eigenvalue weighted by Crippen LogP contribution is 2.10. The summed E-state index contributed by atoms with van der Waals surface area (Å²) in [7, 11) is 0. The van der Waals surface area contributed by atoms with Crippen LogP contribution in [0.2, 0.25) is 0 Å². The summed E-state index contributed by atoms with van der Waals surface area (Å²) in [6.45, 7) is 4.52. The minimum Gasteiger partial charge on any atom is -0.480 e. The van der Waals surface area contributed by atoms with Gasteiger partial charge in [0.1, 0.15) is 18.1 Å². The van der Waals surface area contributed by atoms with Crippen molar-refractivity contribution in [2.75, 3.05) is 18.6 Å². The van der Waals surface area contributed by atoms with E-state index in [9.17, 15) is 24.3 Å². The first-order chi connectivity index (χ1) is 16.7. The van der Waals surface area contributed by atoms with Crippen molar-refractivity contribution < 1.29 is 24.3 Å². The van der Waals surface area contributed by atoms with Crippen molar-refractivity contribution in [3.8, 4) is 0 Å². The molecule has 194 valence electrons. The monoisotopic (exact) mass is 506 g/mol. The Balaban J connectivity index is 2.15. The normalized spacial score (nSPS) is 17.9. The Morgan fingerprint density at radius 2 is 1.69 bits per heavy atom. The number of carboxylic acids is 1. The average molecular weight is 507 g/mol. The number of amides is 3. The van der Waals surface area contributed by atoms with Gasteiger partial charge >= 0.3 is 5.97 Å². The topological polar surface area (TPSA) is 137 Å². The van der Waals surface area contributed by atoms with Crippen LogP contribution in [0.3, 0.4) is 0 Å². The van der Waals surface area contributed by atoms with Gasteiger partial charge in [0.25, 0.3) is 0 Å². The van der Waals surface area contributed by atoms with Crippen LogP contribution in [-0.2, 0) is 25.6 Å². The van der Waals surface area contributed by atoms with Crippen molar-refractivity contribution in [2.24, 2.45) is 5.92 Å². The number of hydrogen-bond donors (Lipinski definition) is 5. The molecule has 1 aliphatic rings. The number of aliphatic carboxylic acids is 1. The summed E-state index contributed by atoms with van der Waals surface area (Å²) in [6, 6.07) is 6.18. The molecule has 1 aromatic rings. The van der Waals surface area contributed by atoms with Crippen LogP contribution >= 0.6 is 11.8 Å². The van der Waals surface area contributed by atoms with Crippen molar-refractivity contribution in [3.63, 3.8) is 0 Å². The molecule has 5 N–H and O–H groups in total. The summed E-state index contributed by atoms with van der Waals surface area (Å²) in [5.41, 5.74) is 0.875. The highest BCUT2D eigenvalue weighted by molar-refractivity contribution is 7.98. The molecule has 1 saturated heterocycles. The molecule has 0 saturated carbocycles. The number of benzene rings is 1. The molecule has 1 fully saturated rings. The fourth-order valence-corrected chi connectivity index (χ4v) is 4.45. The molecular formula is C25H38N4O5S. The highest BCUT2D eigenvalue weighted by Gasteiger charge is 2.31. The molecule has 0 radical (unpaired) electrons. The fourth-order valence-electron chi connectivity index (χ4n) is 3.98. The Morgan fingerprint density at radius 1 is 1.03 bits per heavy atom. The van der Waals surface area contributed by atoms with Gasteiger partial charge in [-0.2, -0.15) is 11.8 Å². The minimum absolute atomic E-state index is 0.0744. The number of hydrogen-bond acceptors (Lipinski definition) is 6. The molecular weight excluding hydrogens is 468 g/mol. The minimum atomic E-state index is -1.11. The van der Waals surface area contributed by atoms with Gasteiger partial charge in [-0.15, -0.1) is 0 Å². The van der Waals surface area contributed by atoms with Crippen molar-refractivity contribution in [3.05, 3.63) is 35.9 Å². The van der Waals surface area contributed by atoms with Crippen LogP contribution < -0.4 is 21.3 Å². The third-order valence-electron chi connectivity index (χ3n) is 5.86. The van der Waals surface area contributed by atoms with E-state index in [1.807, 2.05) is 50.4 Å². The lowest BCUT2D eigenvalue weighted by Gasteiger charge is -2.25. The van der Waals surface area contributed by atoms with Crippen LogP contribution in [0.1, 0.15) is 45.1 Å². The summed E-state index contributed by atoms with van der Waals surface area (Å²) >= 11 is 1.52. The molecule has 0 spiro atoms. The second-order valence-corrected chi connectivity index (χ2v) is 10.3. The maximum atomic E-state index is 13.3. The summed E-state index contributed by atoms with van der Waals surface area (Å²) in [4.78, 5) is 50.7. The number of nitrogens with one attached hydrogen (secondary N) is 4. The number of carbonyl (C=O) groups is 4. The molecule has 0 aliphatic carbocycles. The molecule has 1 heterocycles. The molecule has 9 nitrogen and oxygen atoms in total. The Hall–Kier alpha value is -2.59. The smallest absolute Gasteiger partial charge is 0.326 e. The van der Waals surface area contributed by atoms with Gasteiger partial charge in [-0.25, -0.2) is 4.79 Å². The third kappa shape index (κ3) is 9.89. The van der Waals surface area contributed by atoms with E-state index in [1.54, 1.807) is 0 Å². The molecule has 4 atom stereocenters. The molecule has 4 unspecified atom stereocenters. The second kappa shape index (κ2) is 14.7. The van der Waals surface area contributed by atoms with E-state index in [1.165, 1.54) is 11.8 Å². The lowest BCUT2D eigenvalue weighted by Crippen LogP contribution is -2.57. The van der Waals surface area contributed by atoms with E-state index < -0.39 is 35.9 Å². The molecule has 2 rings (SSSR count). The Bertz CT molecular complexity index is 846. The van der Waals surface area contributed by atoms with Crippen LogP contribution in [0.25, 0.3) is 0 Å². The van der Waals surface area contributed by atoms with Gasteiger partial charge in [-0.05, 0) is 55.7 Å². The molecule has 10 heteroatoms. The lowest BCUT2D eigenvalue weighted by atomic mass is 10.0. The Kier molecular flexibility index (Phi) is 12.1. The third-order valence-corrected chi connectivity index (χ3v) is 6.50. The largest absolute Gasteiger partial charge is 0.480 e. The first-order valence-electron chi connectivity index (χ1n) is 12.1. The van der Waals surface area contributed by atoms with Gasteiger partial charge in [0.2, 0.25) is 17.7 Å². The first kappa shape index (κ1) is 28.6. The van der Waals surface area contributed by atoms with Gasteiger partial charge < -0.3 is 26.4 Å². The van der Waals surface area contributed by atoms with E-state index in [4.69, 9.17) is 0 Å². The number of rotatable bonds is 14. The zero-order valence-electron chi connectivity index (χ0n) is 20.7. The van der Waals surface area contributed by atoms with Gasteiger partial charge in [0, 0.05) is 6.42 Å². The van der Waals surface area contributed by atoms with Crippen molar-refractivity contribution >= 4 is 35.5 Å². The molecule has 35 heavy (non-hydrogen) atoms. The van der Waals surface area contributed by atoms with E-state index in [-0.39, 0.29) is 30.7 Å². The predicted molar refractivity (Wildman–Crippen MR) is 137 cm³/mol. The maximum Gasteiger partial charge on any atom is 0.326 e. The summed E-state index contributed by atoms with van der Waals surface area (Å²) in [5.74, 6) is -1.70.